The molecular formula is C15H23N2O2P. The molecule has 0 fully saturated rings. The van der Waals surface area contributed by atoms with E-state index in [1.807, 2.05) is 18.2 Å². The Hall–Kier alpha value is -1.46. The van der Waals surface area contributed by atoms with Crippen molar-refractivity contribution >= 4 is 18.1 Å². The first-order chi connectivity index (χ1) is 9.13. The molecule has 1 aromatic carbocycles. The summed E-state index contributed by atoms with van der Waals surface area (Å²) in [5.41, 5.74) is 0.961. The maximum Gasteiger partial charge on any atom is 0.174 e. The number of hydrogen-bond acceptors (Lipinski definition) is 4. The van der Waals surface area contributed by atoms with Gasteiger partial charge in [0.2, 0.25) is 0 Å². The molecule has 20 heavy (non-hydrogen) atoms. The van der Waals surface area contributed by atoms with Crippen LogP contribution in [0.3, 0.4) is 0 Å². The number of hydrogen-bond donors (Lipinski definition) is 1. The molecule has 0 aliphatic heterocycles. The predicted molar refractivity (Wildman–Crippen MR) is 84.6 cm³/mol. The van der Waals surface area contributed by atoms with Gasteiger partial charge in [-0.3, -0.25) is 0 Å². The van der Waals surface area contributed by atoms with Gasteiger partial charge in [0, 0.05) is 11.8 Å². The summed E-state index contributed by atoms with van der Waals surface area (Å²) in [5.74, 6) is 0.581. The van der Waals surface area contributed by atoms with Gasteiger partial charge in [0.05, 0.1) is 5.69 Å². The summed E-state index contributed by atoms with van der Waals surface area (Å²) < 4.78 is 17.6. The molecule has 1 rings (SSSR count). The monoisotopic (exact) mass is 294 g/mol. The SMILES string of the molecule is CC(C)(C)CNc1ccc(P(C)(C)=O)cc1OCC#N. The van der Waals surface area contributed by atoms with Gasteiger partial charge in [-0.25, -0.2) is 0 Å². The van der Waals surface area contributed by atoms with Crippen LogP contribution in [0.2, 0.25) is 0 Å². The van der Waals surface area contributed by atoms with Gasteiger partial charge in [-0.15, -0.1) is 0 Å². The summed E-state index contributed by atoms with van der Waals surface area (Å²) >= 11 is 0. The van der Waals surface area contributed by atoms with Crippen molar-refractivity contribution in [3.8, 4) is 11.8 Å². The third-order valence-electron chi connectivity index (χ3n) is 2.69. The zero-order valence-electron chi connectivity index (χ0n) is 12.9. The fourth-order valence-electron chi connectivity index (χ4n) is 1.58. The summed E-state index contributed by atoms with van der Waals surface area (Å²) in [4.78, 5) is 0. The molecule has 0 amide bonds. The van der Waals surface area contributed by atoms with Crippen molar-refractivity contribution in [2.45, 2.75) is 20.8 Å². The molecule has 0 saturated heterocycles. The molecule has 1 aromatic rings. The first-order valence-electron chi connectivity index (χ1n) is 6.57. The quantitative estimate of drug-likeness (QED) is 0.846. The van der Waals surface area contributed by atoms with E-state index in [2.05, 4.69) is 26.1 Å². The van der Waals surface area contributed by atoms with Crippen molar-refractivity contribution in [1.82, 2.24) is 0 Å². The molecule has 4 nitrogen and oxygen atoms in total. The largest absolute Gasteiger partial charge is 0.477 e. The molecule has 0 aliphatic rings. The molecular weight excluding hydrogens is 271 g/mol. The number of rotatable bonds is 5. The fraction of sp³-hybridized carbons (Fsp3) is 0.533. The second-order valence-corrected chi connectivity index (χ2v) is 9.61. The molecule has 0 aliphatic carbocycles. The van der Waals surface area contributed by atoms with Gasteiger partial charge in [-0.05, 0) is 36.9 Å². The average Bonchev–Trinajstić information content (AvgIpc) is 2.32. The van der Waals surface area contributed by atoms with Crippen LogP contribution in [0.25, 0.3) is 0 Å². The number of anilines is 1. The number of nitrogens with one attached hydrogen (secondary N) is 1. The van der Waals surface area contributed by atoms with E-state index in [-0.39, 0.29) is 12.0 Å². The molecule has 0 radical (unpaired) electrons. The Morgan fingerprint density at radius 1 is 1.35 bits per heavy atom. The third kappa shape index (κ3) is 5.27. The van der Waals surface area contributed by atoms with Gasteiger partial charge in [0.25, 0.3) is 0 Å². The summed E-state index contributed by atoms with van der Waals surface area (Å²) in [6, 6.07) is 7.44. The Balaban J connectivity index is 3.04. The smallest absolute Gasteiger partial charge is 0.174 e. The molecule has 5 heteroatoms. The topological polar surface area (TPSA) is 62.1 Å². The maximum atomic E-state index is 12.1. The van der Waals surface area contributed by atoms with Crippen LogP contribution in [-0.2, 0) is 4.57 Å². The zero-order valence-corrected chi connectivity index (χ0v) is 13.8. The van der Waals surface area contributed by atoms with E-state index in [1.165, 1.54) is 0 Å². The van der Waals surface area contributed by atoms with Crippen molar-refractivity contribution in [2.24, 2.45) is 5.41 Å². The van der Waals surface area contributed by atoms with E-state index < -0.39 is 7.14 Å². The molecule has 1 N–H and O–H groups in total. The van der Waals surface area contributed by atoms with Crippen molar-refractivity contribution in [3.05, 3.63) is 18.2 Å². The van der Waals surface area contributed by atoms with E-state index in [1.54, 1.807) is 19.4 Å². The Bertz CT molecular complexity index is 550. The molecule has 0 unspecified atom stereocenters. The lowest BCUT2D eigenvalue weighted by atomic mass is 9.97. The van der Waals surface area contributed by atoms with Crippen molar-refractivity contribution < 1.29 is 9.30 Å². The summed E-state index contributed by atoms with van der Waals surface area (Å²) in [6.07, 6.45) is 0. The van der Waals surface area contributed by atoms with E-state index in [0.29, 0.717) is 5.75 Å². The highest BCUT2D eigenvalue weighted by Gasteiger charge is 2.16. The highest BCUT2D eigenvalue weighted by molar-refractivity contribution is 7.70. The summed E-state index contributed by atoms with van der Waals surface area (Å²) in [6.45, 7) is 10.6. The lowest BCUT2D eigenvalue weighted by molar-refractivity contribution is 0.369. The van der Waals surface area contributed by atoms with Crippen LogP contribution in [-0.4, -0.2) is 26.5 Å². The lowest BCUT2D eigenvalue weighted by Gasteiger charge is -2.21. The van der Waals surface area contributed by atoms with Crippen molar-refractivity contribution in [2.75, 3.05) is 31.8 Å². The maximum absolute atomic E-state index is 12.1. The molecule has 0 atom stereocenters. The minimum Gasteiger partial charge on any atom is -0.477 e. The van der Waals surface area contributed by atoms with Gasteiger partial charge in [0.15, 0.2) is 6.61 Å². The van der Waals surface area contributed by atoms with Crippen molar-refractivity contribution in [1.29, 1.82) is 5.26 Å². The highest BCUT2D eigenvalue weighted by atomic mass is 31.2. The van der Waals surface area contributed by atoms with E-state index in [9.17, 15) is 4.57 Å². The Kier molecular flexibility index (Phi) is 5.25. The van der Waals surface area contributed by atoms with E-state index in [4.69, 9.17) is 10.00 Å². The third-order valence-corrected chi connectivity index (χ3v) is 4.21. The molecule has 0 heterocycles. The number of ether oxygens (including phenoxy) is 1. The predicted octanol–water partition coefficient (Wildman–Crippen LogP) is 3.29. The van der Waals surface area contributed by atoms with Gasteiger partial charge < -0.3 is 14.6 Å². The van der Waals surface area contributed by atoms with Crippen LogP contribution < -0.4 is 15.4 Å². The number of benzene rings is 1. The van der Waals surface area contributed by atoms with Gasteiger partial charge >= 0.3 is 0 Å². The Morgan fingerprint density at radius 3 is 2.50 bits per heavy atom. The standard InChI is InChI=1S/C15H23N2O2P/c1-15(2,3)11-17-13-7-6-12(20(4,5)18)10-14(13)19-9-8-16/h6-7,10,17H,9,11H2,1-5H3. The average molecular weight is 294 g/mol. The summed E-state index contributed by atoms with van der Waals surface area (Å²) in [7, 11) is -2.34. The first-order valence-corrected chi connectivity index (χ1v) is 9.17. The minimum atomic E-state index is -2.34. The van der Waals surface area contributed by atoms with Crippen LogP contribution in [0.4, 0.5) is 5.69 Å². The second kappa shape index (κ2) is 6.33. The first kappa shape index (κ1) is 16.6. The van der Waals surface area contributed by atoms with Crippen LogP contribution in [0, 0.1) is 16.7 Å². The zero-order chi connectivity index (χ0) is 15.4. The van der Waals surface area contributed by atoms with Gasteiger partial charge in [0.1, 0.15) is 19.0 Å². The molecule has 0 spiro atoms. The lowest BCUT2D eigenvalue weighted by Crippen LogP contribution is -2.20. The molecule has 0 saturated carbocycles. The van der Waals surface area contributed by atoms with Gasteiger partial charge in [-0.1, -0.05) is 20.8 Å². The number of nitrogens with zero attached hydrogens (tertiary/aromatic N) is 1. The highest BCUT2D eigenvalue weighted by Crippen LogP contribution is 2.37. The molecule has 0 bridgehead atoms. The molecule has 110 valence electrons. The van der Waals surface area contributed by atoms with Crippen LogP contribution in [0.1, 0.15) is 20.8 Å². The normalized spacial score (nSPS) is 11.8. The fourth-order valence-corrected chi connectivity index (χ4v) is 2.44. The Morgan fingerprint density at radius 2 is 2.00 bits per heavy atom. The van der Waals surface area contributed by atoms with Crippen LogP contribution in [0.5, 0.6) is 5.75 Å². The minimum absolute atomic E-state index is 0.0224. The number of nitriles is 1. The van der Waals surface area contributed by atoms with Crippen molar-refractivity contribution in [3.63, 3.8) is 0 Å². The van der Waals surface area contributed by atoms with E-state index in [0.717, 1.165) is 17.5 Å². The van der Waals surface area contributed by atoms with E-state index >= 15 is 0 Å². The second-order valence-electron chi connectivity index (χ2n) is 6.39. The van der Waals surface area contributed by atoms with Crippen LogP contribution in [0.15, 0.2) is 18.2 Å². The van der Waals surface area contributed by atoms with Gasteiger partial charge in [-0.2, -0.15) is 5.26 Å². The summed E-state index contributed by atoms with van der Waals surface area (Å²) in [5, 5.41) is 12.7. The van der Waals surface area contributed by atoms with Crippen LogP contribution >= 0.6 is 7.14 Å². The molecule has 0 aromatic heterocycles. The Labute approximate surface area is 121 Å².